The number of carbonyl (C=O) groups is 3. The zero-order valence-corrected chi connectivity index (χ0v) is 23.2. The Morgan fingerprint density at radius 3 is 2.42 bits per heavy atom. The molecule has 2 aromatic rings. The van der Waals surface area contributed by atoms with Crippen LogP contribution in [0.4, 0.5) is 21.9 Å². The van der Waals surface area contributed by atoms with Crippen molar-refractivity contribution in [2.45, 2.75) is 58.6 Å². The van der Waals surface area contributed by atoms with E-state index in [0.717, 1.165) is 16.9 Å². The number of nitrogens with zero attached hydrogens (tertiary/aromatic N) is 3. The maximum atomic E-state index is 13.6. The van der Waals surface area contributed by atoms with Gasteiger partial charge in [-0.1, -0.05) is 12.1 Å². The maximum Gasteiger partial charge on any atom is 0.410 e. The molecule has 4 rings (SSSR count). The Hall–Kier alpha value is -3.07. The molecular formula is C27H33BrN4O4. The Balaban J connectivity index is 1.69. The van der Waals surface area contributed by atoms with Crippen molar-refractivity contribution in [3.63, 3.8) is 0 Å². The number of hydrogen-bond donors (Lipinski definition) is 1. The molecule has 2 heterocycles. The molecule has 0 unspecified atom stereocenters. The summed E-state index contributed by atoms with van der Waals surface area (Å²) in [4.78, 5) is 44.1. The van der Waals surface area contributed by atoms with Gasteiger partial charge < -0.3 is 20.3 Å². The van der Waals surface area contributed by atoms with Gasteiger partial charge in [-0.25, -0.2) is 4.79 Å². The number of carbonyl (C=O) groups excluding carboxylic acids is 3. The lowest BCUT2D eigenvalue weighted by Crippen LogP contribution is -2.54. The predicted molar refractivity (Wildman–Crippen MR) is 144 cm³/mol. The first-order valence-electron chi connectivity index (χ1n) is 12.0. The van der Waals surface area contributed by atoms with Crippen LogP contribution in [0.3, 0.4) is 0 Å². The fourth-order valence-corrected chi connectivity index (χ4v) is 5.48. The van der Waals surface area contributed by atoms with Gasteiger partial charge in [-0.15, -0.1) is 0 Å². The van der Waals surface area contributed by atoms with Gasteiger partial charge in [0.2, 0.25) is 5.91 Å². The van der Waals surface area contributed by atoms with Crippen LogP contribution in [0.2, 0.25) is 0 Å². The molecule has 8 nitrogen and oxygen atoms in total. The lowest BCUT2D eigenvalue weighted by molar-refractivity contribution is -0.121. The molecule has 1 saturated heterocycles. The van der Waals surface area contributed by atoms with E-state index in [4.69, 9.17) is 10.5 Å². The van der Waals surface area contributed by atoms with Gasteiger partial charge in [-0.2, -0.15) is 0 Å². The summed E-state index contributed by atoms with van der Waals surface area (Å²) in [5.41, 5.74) is 7.65. The van der Waals surface area contributed by atoms with Crippen molar-refractivity contribution in [1.29, 1.82) is 0 Å². The van der Waals surface area contributed by atoms with Crippen LogP contribution in [0.25, 0.3) is 0 Å². The molecule has 0 bridgehead atoms. The summed E-state index contributed by atoms with van der Waals surface area (Å²) in [6.07, 6.45) is -0.310. The minimum absolute atomic E-state index is 0.0370. The van der Waals surface area contributed by atoms with E-state index in [1.165, 1.54) is 0 Å². The van der Waals surface area contributed by atoms with Gasteiger partial charge in [0.25, 0.3) is 5.91 Å². The number of piperazine rings is 1. The lowest BCUT2D eigenvalue weighted by atomic mass is 9.86. The number of benzene rings is 2. The SMILES string of the molecule is C[C@@H]1CN(C(=O)OC(C)(C)C)CCN1c1ccc2c(c1)N(c1cccc(Br)c1C(N)=O)C(=O)C2(C)C. The van der Waals surface area contributed by atoms with Gasteiger partial charge in [-0.05, 0) is 87.3 Å². The van der Waals surface area contributed by atoms with E-state index < -0.39 is 16.9 Å². The molecular weight excluding hydrogens is 524 g/mol. The molecule has 1 fully saturated rings. The molecule has 0 spiro atoms. The van der Waals surface area contributed by atoms with Crippen molar-refractivity contribution in [2.75, 3.05) is 29.4 Å². The van der Waals surface area contributed by atoms with Crippen LogP contribution in [-0.2, 0) is 14.9 Å². The van der Waals surface area contributed by atoms with Gasteiger partial charge >= 0.3 is 6.09 Å². The highest BCUT2D eigenvalue weighted by Gasteiger charge is 2.46. The molecule has 36 heavy (non-hydrogen) atoms. The van der Waals surface area contributed by atoms with E-state index in [1.807, 2.05) is 52.8 Å². The fraction of sp³-hybridized carbons (Fsp3) is 0.444. The van der Waals surface area contributed by atoms with E-state index in [1.54, 1.807) is 28.0 Å². The van der Waals surface area contributed by atoms with Gasteiger partial charge in [0.1, 0.15) is 5.60 Å². The Kier molecular flexibility index (Phi) is 6.58. The molecule has 2 aromatic carbocycles. The summed E-state index contributed by atoms with van der Waals surface area (Å²) in [5, 5.41) is 0. The minimum Gasteiger partial charge on any atom is -0.444 e. The molecule has 0 saturated carbocycles. The number of primary amides is 1. The number of fused-ring (bicyclic) bond motifs is 1. The Bertz CT molecular complexity index is 1240. The topological polar surface area (TPSA) is 96.2 Å². The Morgan fingerprint density at radius 1 is 1.11 bits per heavy atom. The standard InChI is InChI=1S/C27H33BrN4O4/c1-16-15-30(25(35)36-26(2,3)4)12-13-31(16)17-10-11-18-21(14-17)32(24(34)27(18,5)6)20-9-7-8-19(28)22(20)23(29)33/h7-11,14,16H,12-13,15H2,1-6H3,(H2,29,33)/t16-/m1/s1. The van der Waals surface area contributed by atoms with Crippen LogP contribution < -0.4 is 15.5 Å². The van der Waals surface area contributed by atoms with Crippen molar-refractivity contribution in [2.24, 2.45) is 5.73 Å². The summed E-state index contributed by atoms with van der Waals surface area (Å²) in [6, 6.07) is 11.3. The molecule has 2 aliphatic heterocycles. The molecule has 1 atom stereocenters. The van der Waals surface area contributed by atoms with Crippen molar-refractivity contribution in [3.05, 3.63) is 52.0 Å². The van der Waals surface area contributed by atoms with Gasteiger partial charge in [0.05, 0.1) is 22.4 Å². The maximum absolute atomic E-state index is 13.6. The zero-order valence-electron chi connectivity index (χ0n) is 21.6. The van der Waals surface area contributed by atoms with Crippen molar-refractivity contribution >= 4 is 50.9 Å². The molecule has 0 aliphatic carbocycles. The first kappa shape index (κ1) is 26.0. The van der Waals surface area contributed by atoms with Crippen molar-refractivity contribution in [1.82, 2.24) is 4.90 Å². The molecule has 2 N–H and O–H groups in total. The largest absolute Gasteiger partial charge is 0.444 e. The van der Waals surface area contributed by atoms with E-state index in [-0.39, 0.29) is 23.6 Å². The fourth-order valence-electron chi connectivity index (χ4n) is 4.93. The highest BCUT2D eigenvalue weighted by Crippen LogP contribution is 2.48. The average molecular weight is 557 g/mol. The third-order valence-electron chi connectivity index (χ3n) is 6.72. The van der Waals surface area contributed by atoms with Gasteiger partial charge in [-0.3, -0.25) is 14.5 Å². The highest BCUT2D eigenvalue weighted by molar-refractivity contribution is 9.10. The average Bonchev–Trinajstić information content (AvgIpc) is 2.97. The Morgan fingerprint density at radius 2 is 1.81 bits per heavy atom. The number of amides is 3. The molecule has 0 radical (unpaired) electrons. The van der Waals surface area contributed by atoms with Crippen LogP contribution in [0.15, 0.2) is 40.9 Å². The summed E-state index contributed by atoms with van der Waals surface area (Å²) in [7, 11) is 0. The van der Waals surface area contributed by atoms with Gasteiger partial charge in [0, 0.05) is 35.8 Å². The van der Waals surface area contributed by atoms with E-state index >= 15 is 0 Å². The minimum atomic E-state index is -0.772. The first-order valence-corrected chi connectivity index (χ1v) is 12.8. The number of ether oxygens (including phenoxy) is 1. The highest BCUT2D eigenvalue weighted by atomic mass is 79.9. The summed E-state index contributed by atoms with van der Waals surface area (Å²) >= 11 is 3.41. The number of halogens is 1. The molecule has 0 aromatic heterocycles. The van der Waals surface area contributed by atoms with Gasteiger partial charge in [0.15, 0.2) is 0 Å². The van der Waals surface area contributed by atoms with Crippen molar-refractivity contribution in [3.8, 4) is 0 Å². The normalized spacial score (nSPS) is 19.4. The third-order valence-corrected chi connectivity index (χ3v) is 7.38. The molecule has 3 amide bonds. The zero-order chi connectivity index (χ0) is 26.6. The molecule has 9 heteroatoms. The molecule has 192 valence electrons. The summed E-state index contributed by atoms with van der Waals surface area (Å²) < 4.78 is 6.08. The number of nitrogens with two attached hydrogens (primary N) is 1. The van der Waals surface area contributed by atoms with Crippen LogP contribution in [-0.4, -0.2) is 54.1 Å². The Labute approximate surface area is 220 Å². The second-order valence-corrected chi connectivity index (χ2v) is 11.8. The van der Waals surface area contributed by atoms with E-state index in [9.17, 15) is 14.4 Å². The lowest BCUT2D eigenvalue weighted by Gasteiger charge is -2.41. The second-order valence-electron chi connectivity index (χ2n) is 10.9. The smallest absolute Gasteiger partial charge is 0.410 e. The monoisotopic (exact) mass is 556 g/mol. The van der Waals surface area contributed by atoms with Crippen LogP contribution in [0.5, 0.6) is 0 Å². The van der Waals surface area contributed by atoms with Crippen molar-refractivity contribution < 1.29 is 19.1 Å². The second kappa shape index (κ2) is 9.10. The third kappa shape index (κ3) is 4.56. The number of hydrogen-bond acceptors (Lipinski definition) is 5. The molecule has 2 aliphatic rings. The summed E-state index contributed by atoms with van der Waals surface area (Å²) in [6.45, 7) is 13.1. The van der Waals surface area contributed by atoms with Crippen LogP contribution in [0, 0.1) is 0 Å². The van der Waals surface area contributed by atoms with E-state index in [0.29, 0.717) is 29.8 Å². The first-order chi connectivity index (χ1) is 16.7. The van der Waals surface area contributed by atoms with Crippen LogP contribution >= 0.6 is 15.9 Å². The number of rotatable bonds is 3. The number of anilines is 3. The predicted octanol–water partition coefficient (Wildman–Crippen LogP) is 4.95. The quantitative estimate of drug-likeness (QED) is 0.576. The van der Waals surface area contributed by atoms with Crippen LogP contribution in [0.1, 0.15) is 57.5 Å². The summed E-state index contributed by atoms with van der Waals surface area (Å²) in [5.74, 6) is -0.738. The van der Waals surface area contributed by atoms with E-state index in [2.05, 4.69) is 27.8 Å².